The van der Waals surface area contributed by atoms with Crippen LogP contribution in [0.5, 0.6) is 5.75 Å². The van der Waals surface area contributed by atoms with Gasteiger partial charge in [-0.1, -0.05) is 63.1 Å². The van der Waals surface area contributed by atoms with Crippen LogP contribution in [0, 0.1) is 0 Å². The first-order valence-corrected chi connectivity index (χ1v) is 10.1. The Morgan fingerprint density at radius 1 is 1.00 bits per heavy atom. The largest absolute Gasteiger partial charge is 0.487 e. The Hall–Kier alpha value is -2.53. The summed E-state index contributed by atoms with van der Waals surface area (Å²) < 4.78 is 5.89. The smallest absolute Gasteiger partial charge is 0.319 e. The molecular formula is C23H35N3O2. The van der Waals surface area contributed by atoms with Crippen molar-refractivity contribution < 1.29 is 9.53 Å². The van der Waals surface area contributed by atoms with Crippen molar-refractivity contribution in [3.8, 4) is 5.75 Å². The van der Waals surface area contributed by atoms with Gasteiger partial charge in [0.05, 0.1) is 5.69 Å². The molecule has 0 spiro atoms. The molecule has 0 atom stereocenters. The van der Waals surface area contributed by atoms with Gasteiger partial charge in [0.15, 0.2) is 0 Å². The van der Waals surface area contributed by atoms with E-state index < -0.39 is 0 Å². The Morgan fingerprint density at radius 3 is 2.29 bits per heavy atom. The summed E-state index contributed by atoms with van der Waals surface area (Å²) in [6.45, 7) is 5.61. The van der Waals surface area contributed by atoms with Gasteiger partial charge in [-0.05, 0) is 49.1 Å². The van der Waals surface area contributed by atoms with E-state index in [9.17, 15) is 4.79 Å². The number of amides is 2. The number of carbonyl (C=O) groups excluding carboxylic acids is 1. The number of benzene rings is 2. The van der Waals surface area contributed by atoms with E-state index in [-0.39, 0.29) is 6.03 Å². The minimum atomic E-state index is -0.248. The first kappa shape index (κ1) is 23.5. The lowest BCUT2D eigenvalue weighted by atomic mass is 10.1. The average molecular weight is 386 g/mol. The number of hydrogen-bond acceptors (Lipinski definition) is 3. The Bertz CT molecular complexity index is 673. The second-order valence-electron chi connectivity index (χ2n) is 6.55. The van der Waals surface area contributed by atoms with Gasteiger partial charge in [0.2, 0.25) is 0 Å². The van der Waals surface area contributed by atoms with Crippen molar-refractivity contribution in [2.24, 2.45) is 5.73 Å². The zero-order valence-corrected chi connectivity index (χ0v) is 17.5. The van der Waals surface area contributed by atoms with Crippen molar-refractivity contribution in [2.75, 3.05) is 18.9 Å². The number of unbranched alkanes of at least 4 members (excludes halogenated alkanes) is 2. The van der Waals surface area contributed by atoms with Crippen molar-refractivity contribution in [3.05, 3.63) is 59.7 Å². The highest BCUT2D eigenvalue weighted by Gasteiger charge is 2.09. The molecule has 0 bridgehead atoms. The predicted octanol–water partition coefficient (Wildman–Crippen LogP) is 5.10. The van der Waals surface area contributed by atoms with E-state index in [2.05, 4.69) is 30.5 Å². The highest BCUT2D eigenvalue weighted by molar-refractivity contribution is 5.90. The van der Waals surface area contributed by atoms with Crippen LogP contribution in [-0.4, -0.2) is 19.6 Å². The third-order valence-corrected chi connectivity index (χ3v) is 4.13. The number of aryl methyl sites for hydroxylation is 1. The Labute approximate surface area is 169 Å². The van der Waals surface area contributed by atoms with Crippen LogP contribution in [0.25, 0.3) is 0 Å². The second-order valence-corrected chi connectivity index (χ2v) is 6.55. The Morgan fingerprint density at radius 2 is 1.71 bits per heavy atom. The third-order valence-electron chi connectivity index (χ3n) is 4.13. The SMILES string of the molecule is CCCCN.CCCCc1ccc(OCc2ccccc2)c(NC(=O)NC)c1. The van der Waals surface area contributed by atoms with Crippen molar-refractivity contribution in [1.82, 2.24) is 5.32 Å². The van der Waals surface area contributed by atoms with E-state index in [0.717, 1.165) is 31.4 Å². The van der Waals surface area contributed by atoms with Crippen LogP contribution in [-0.2, 0) is 13.0 Å². The lowest BCUT2D eigenvalue weighted by molar-refractivity contribution is 0.253. The minimum absolute atomic E-state index is 0.248. The number of rotatable bonds is 9. The molecule has 0 aromatic heterocycles. The Kier molecular flexibility index (Phi) is 12.2. The Balaban J connectivity index is 0.000000696. The van der Waals surface area contributed by atoms with E-state index in [1.165, 1.54) is 18.4 Å². The maximum absolute atomic E-state index is 11.7. The lowest BCUT2D eigenvalue weighted by Gasteiger charge is -2.14. The first-order chi connectivity index (χ1) is 13.6. The molecule has 0 fully saturated rings. The zero-order chi connectivity index (χ0) is 20.6. The number of carbonyl (C=O) groups is 1. The lowest BCUT2D eigenvalue weighted by Crippen LogP contribution is -2.24. The van der Waals surface area contributed by atoms with Crippen molar-refractivity contribution in [3.63, 3.8) is 0 Å². The van der Waals surface area contributed by atoms with Crippen LogP contribution < -0.4 is 21.1 Å². The van der Waals surface area contributed by atoms with Gasteiger partial charge in [0.25, 0.3) is 0 Å². The quantitative estimate of drug-likeness (QED) is 0.562. The molecule has 0 aliphatic rings. The number of urea groups is 1. The summed E-state index contributed by atoms with van der Waals surface area (Å²) in [6.07, 6.45) is 5.66. The van der Waals surface area contributed by atoms with Crippen LogP contribution in [0.1, 0.15) is 50.7 Å². The highest BCUT2D eigenvalue weighted by atomic mass is 16.5. The molecule has 0 unspecified atom stereocenters. The fourth-order valence-corrected chi connectivity index (χ4v) is 2.46. The van der Waals surface area contributed by atoms with E-state index in [4.69, 9.17) is 10.5 Å². The van der Waals surface area contributed by atoms with Crippen LogP contribution in [0.2, 0.25) is 0 Å². The van der Waals surface area contributed by atoms with Crippen LogP contribution in [0.15, 0.2) is 48.5 Å². The molecule has 154 valence electrons. The molecule has 4 N–H and O–H groups in total. The van der Waals surface area contributed by atoms with Gasteiger partial charge in [-0.15, -0.1) is 0 Å². The molecule has 28 heavy (non-hydrogen) atoms. The molecule has 5 nitrogen and oxygen atoms in total. The summed E-state index contributed by atoms with van der Waals surface area (Å²) >= 11 is 0. The van der Waals surface area contributed by atoms with Crippen LogP contribution >= 0.6 is 0 Å². The first-order valence-electron chi connectivity index (χ1n) is 10.1. The number of nitrogens with one attached hydrogen (secondary N) is 2. The van der Waals surface area contributed by atoms with Crippen molar-refractivity contribution in [2.45, 2.75) is 52.6 Å². The minimum Gasteiger partial charge on any atom is -0.487 e. The number of nitrogens with two attached hydrogens (primary N) is 1. The molecule has 2 amide bonds. The van der Waals surface area contributed by atoms with Crippen molar-refractivity contribution in [1.29, 1.82) is 0 Å². The number of anilines is 1. The summed E-state index contributed by atoms with van der Waals surface area (Å²) in [5, 5.41) is 5.41. The molecule has 0 saturated heterocycles. The van der Waals surface area contributed by atoms with Gasteiger partial charge in [-0.3, -0.25) is 0 Å². The molecule has 0 aliphatic carbocycles. The fourth-order valence-electron chi connectivity index (χ4n) is 2.46. The molecule has 5 heteroatoms. The van der Waals surface area contributed by atoms with E-state index in [1.807, 2.05) is 42.5 Å². The number of hydrogen-bond donors (Lipinski definition) is 3. The maximum atomic E-state index is 11.7. The molecule has 2 rings (SSSR count). The normalized spacial score (nSPS) is 9.86. The predicted molar refractivity (Wildman–Crippen MR) is 118 cm³/mol. The van der Waals surface area contributed by atoms with E-state index in [1.54, 1.807) is 7.05 Å². The highest BCUT2D eigenvalue weighted by Crippen LogP contribution is 2.27. The third kappa shape index (κ3) is 9.42. The van der Waals surface area contributed by atoms with Crippen molar-refractivity contribution >= 4 is 11.7 Å². The molecule has 0 radical (unpaired) electrons. The van der Waals surface area contributed by atoms with Gasteiger partial charge < -0.3 is 21.1 Å². The maximum Gasteiger partial charge on any atom is 0.319 e. The second kappa shape index (κ2) is 14.5. The molecule has 0 saturated carbocycles. The van der Waals surface area contributed by atoms with Crippen LogP contribution in [0.3, 0.4) is 0 Å². The topological polar surface area (TPSA) is 76.4 Å². The molecule has 2 aromatic carbocycles. The fraction of sp³-hybridized carbons (Fsp3) is 0.435. The zero-order valence-electron chi connectivity index (χ0n) is 17.5. The average Bonchev–Trinajstić information content (AvgIpc) is 2.73. The van der Waals surface area contributed by atoms with Crippen LogP contribution in [0.4, 0.5) is 10.5 Å². The van der Waals surface area contributed by atoms with Gasteiger partial charge in [-0.25, -0.2) is 4.79 Å². The summed E-state index contributed by atoms with van der Waals surface area (Å²) in [5.41, 5.74) is 8.13. The van der Waals surface area contributed by atoms with Gasteiger partial charge in [0, 0.05) is 7.05 Å². The van der Waals surface area contributed by atoms with Gasteiger partial charge in [0.1, 0.15) is 12.4 Å². The molecule has 2 aromatic rings. The van der Waals surface area contributed by atoms with Gasteiger partial charge >= 0.3 is 6.03 Å². The molecular weight excluding hydrogens is 350 g/mol. The summed E-state index contributed by atoms with van der Waals surface area (Å²) in [4.78, 5) is 11.7. The number of ether oxygens (including phenoxy) is 1. The van der Waals surface area contributed by atoms with E-state index >= 15 is 0 Å². The summed E-state index contributed by atoms with van der Waals surface area (Å²) in [5.74, 6) is 0.678. The molecule has 0 heterocycles. The molecule has 0 aliphatic heterocycles. The summed E-state index contributed by atoms with van der Waals surface area (Å²) in [6, 6.07) is 15.7. The van der Waals surface area contributed by atoms with E-state index in [0.29, 0.717) is 18.0 Å². The monoisotopic (exact) mass is 385 g/mol. The van der Waals surface area contributed by atoms with Gasteiger partial charge in [-0.2, -0.15) is 0 Å². The standard InChI is InChI=1S/C19H24N2O2.C4H11N/c1-3-4-8-15-11-12-18(17(13-15)21-19(22)20-2)23-14-16-9-6-5-7-10-16;1-2-3-4-5/h5-7,9-13H,3-4,8,14H2,1-2H3,(H2,20,21,22);2-5H2,1H3. The summed E-state index contributed by atoms with van der Waals surface area (Å²) in [7, 11) is 1.60.